The van der Waals surface area contributed by atoms with Crippen LogP contribution >= 0.6 is 0 Å². The molecule has 0 bridgehead atoms. The summed E-state index contributed by atoms with van der Waals surface area (Å²) < 4.78 is 5.26. The highest BCUT2D eigenvalue weighted by atomic mass is 16.5. The van der Waals surface area contributed by atoms with E-state index in [0.29, 0.717) is 13.0 Å². The first-order chi connectivity index (χ1) is 15.3. The Morgan fingerprint density at radius 1 is 0.839 bits per heavy atom. The summed E-state index contributed by atoms with van der Waals surface area (Å²) in [5.41, 5.74) is 0.933. The highest BCUT2D eigenvalue weighted by Crippen LogP contribution is 2.08. The Bertz CT molecular complexity index is 619. The van der Waals surface area contributed by atoms with E-state index in [1.807, 2.05) is 12.1 Å². The molecule has 0 saturated heterocycles. The van der Waals surface area contributed by atoms with Crippen LogP contribution in [0.5, 0.6) is 0 Å². The molecule has 172 valence electrons. The van der Waals surface area contributed by atoms with Crippen molar-refractivity contribution in [1.29, 1.82) is 0 Å². The molecule has 0 fully saturated rings. The first kappa shape index (κ1) is 26.9. The molecule has 0 saturated carbocycles. The van der Waals surface area contributed by atoms with E-state index in [4.69, 9.17) is 4.74 Å². The lowest BCUT2D eigenvalue weighted by Crippen LogP contribution is -2.04. The normalized spacial score (nSPS) is 11.8. The standard InChI is InChI=1S/C28H43NO2/c1-2-3-4-5-6-7-8-9-10-11-12-13-14-15-16-17-18-19-20-23-28(30)31-26-27-22-21-24-29-25-27/h6-7,9-10,15-16,21-22,24-25H,2-5,8,11-14,17-20,23,26H2,1H3/b7-6-,10-9-,16-15-. The van der Waals surface area contributed by atoms with Crippen LogP contribution in [0.1, 0.15) is 102 Å². The van der Waals surface area contributed by atoms with Crippen molar-refractivity contribution in [1.82, 2.24) is 4.98 Å². The average molecular weight is 426 g/mol. The van der Waals surface area contributed by atoms with Gasteiger partial charge in [-0.3, -0.25) is 9.78 Å². The van der Waals surface area contributed by atoms with Crippen LogP contribution in [0.3, 0.4) is 0 Å². The molecule has 0 amide bonds. The van der Waals surface area contributed by atoms with E-state index in [1.165, 1.54) is 51.4 Å². The molecule has 0 aliphatic carbocycles. The van der Waals surface area contributed by atoms with Crippen LogP contribution in [0.25, 0.3) is 0 Å². The van der Waals surface area contributed by atoms with Crippen LogP contribution in [-0.2, 0) is 16.1 Å². The maximum absolute atomic E-state index is 11.7. The van der Waals surface area contributed by atoms with Gasteiger partial charge in [-0.15, -0.1) is 0 Å². The number of hydrogen-bond donors (Lipinski definition) is 0. The number of hydrogen-bond acceptors (Lipinski definition) is 3. The van der Waals surface area contributed by atoms with E-state index in [0.717, 1.165) is 37.7 Å². The molecular weight excluding hydrogens is 382 g/mol. The summed E-state index contributed by atoms with van der Waals surface area (Å²) in [6, 6.07) is 3.77. The second kappa shape index (κ2) is 21.1. The summed E-state index contributed by atoms with van der Waals surface area (Å²) >= 11 is 0. The molecule has 0 aromatic carbocycles. The number of carbonyl (C=O) groups is 1. The van der Waals surface area contributed by atoms with Crippen LogP contribution in [0.2, 0.25) is 0 Å². The summed E-state index contributed by atoms with van der Waals surface area (Å²) in [5, 5.41) is 0. The maximum Gasteiger partial charge on any atom is 0.306 e. The van der Waals surface area contributed by atoms with Crippen LogP contribution in [-0.4, -0.2) is 11.0 Å². The highest BCUT2D eigenvalue weighted by Gasteiger charge is 2.03. The Labute approximate surface area is 190 Å². The van der Waals surface area contributed by atoms with Crippen LogP contribution < -0.4 is 0 Å². The van der Waals surface area contributed by atoms with Crippen molar-refractivity contribution < 1.29 is 9.53 Å². The molecule has 0 aliphatic heterocycles. The SMILES string of the molecule is CCCCC/C=C\C/C=C\CCCC/C=C\CCCCCC(=O)OCc1cccnc1. The van der Waals surface area contributed by atoms with Gasteiger partial charge >= 0.3 is 5.97 Å². The summed E-state index contributed by atoms with van der Waals surface area (Å²) in [4.78, 5) is 15.7. The lowest BCUT2D eigenvalue weighted by molar-refractivity contribution is -0.145. The largest absolute Gasteiger partial charge is 0.461 e. The number of rotatable bonds is 19. The van der Waals surface area contributed by atoms with Gasteiger partial charge in [-0.1, -0.05) is 68.7 Å². The first-order valence-corrected chi connectivity index (χ1v) is 12.3. The van der Waals surface area contributed by atoms with E-state index in [9.17, 15) is 4.79 Å². The van der Waals surface area contributed by atoms with Gasteiger partial charge in [0.05, 0.1) is 0 Å². The molecule has 0 aliphatic rings. The number of unbranched alkanes of at least 4 members (excludes halogenated alkanes) is 9. The quantitative estimate of drug-likeness (QED) is 0.127. The van der Waals surface area contributed by atoms with Crippen LogP contribution in [0.15, 0.2) is 61.0 Å². The van der Waals surface area contributed by atoms with Gasteiger partial charge < -0.3 is 4.74 Å². The third kappa shape index (κ3) is 18.3. The van der Waals surface area contributed by atoms with Gasteiger partial charge in [-0.25, -0.2) is 0 Å². The Hall–Kier alpha value is -2.16. The summed E-state index contributed by atoms with van der Waals surface area (Å²) in [5.74, 6) is -0.114. The van der Waals surface area contributed by atoms with Gasteiger partial charge in [0, 0.05) is 24.4 Å². The number of nitrogens with zero attached hydrogens (tertiary/aromatic N) is 1. The van der Waals surface area contributed by atoms with E-state index < -0.39 is 0 Å². The number of carbonyl (C=O) groups excluding carboxylic acids is 1. The smallest absolute Gasteiger partial charge is 0.306 e. The highest BCUT2D eigenvalue weighted by molar-refractivity contribution is 5.69. The summed E-state index contributed by atoms with van der Waals surface area (Å²) in [7, 11) is 0. The van der Waals surface area contributed by atoms with Crippen molar-refractivity contribution in [3.05, 3.63) is 66.5 Å². The Morgan fingerprint density at radius 3 is 2.06 bits per heavy atom. The van der Waals surface area contributed by atoms with Gasteiger partial charge in [-0.05, 0) is 70.3 Å². The Balaban J connectivity index is 1.84. The zero-order valence-corrected chi connectivity index (χ0v) is 19.6. The molecule has 1 aromatic rings. The lowest BCUT2D eigenvalue weighted by Gasteiger charge is -2.04. The van der Waals surface area contributed by atoms with Gasteiger partial charge in [-0.2, -0.15) is 0 Å². The van der Waals surface area contributed by atoms with Crippen molar-refractivity contribution in [2.45, 2.75) is 103 Å². The molecule has 3 nitrogen and oxygen atoms in total. The molecule has 31 heavy (non-hydrogen) atoms. The molecule has 0 unspecified atom stereocenters. The minimum absolute atomic E-state index is 0.114. The molecule has 1 heterocycles. The predicted octanol–water partition coefficient (Wildman–Crippen LogP) is 8.27. The fourth-order valence-electron chi connectivity index (χ4n) is 3.21. The average Bonchev–Trinajstić information content (AvgIpc) is 2.80. The van der Waals surface area contributed by atoms with Gasteiger partial charge in [0.15, 0.2) is 0 Å². The molecule has 3 heteroatoms. The Kier molecular flexibility index (Phi) is 18.3. The molecule has 0 N–H and O–H groups in total. The molecule has 1 aromatic heterocycles. The number of pyridine rings is 1. The monoisotopic (exact) mass is 425 g/mol. The van der Waals surface area contributed by atoms with Gasteiger partial charge in [0.25, 0.3) is 0 Å². The van der Waals surface area contributed by atoms with E-state index in [-0.39, 0.29) is 5.97 Å². The van der Waals surface area contributed by atoms with Gasteiger partial charge in [0.2, 0.25) is 0 Å². The molecule has 0 radical (unpaired) electrons. The van der Waals surface area contributed by atoms with Crippen LogP contribution in [0, 0.1) is 0 Å². The zero-order valence-electron chi connectivity index (χ0n) is 19.6. The van der Waals surface area contributed by atoms with Crippen molar-refractivity contribution in [2.24, 2.45) is 0 Å². The molecule has 1 rings (SSSR count). The predicted molar refractivity (Wildman–Crippen MR) is 132 cm³/mol. The zero-order chi connectivity index (χ0) is 22.2. The minimum Gasteiger partial charge on any atom is -0.461 e. The van der Waals surface area contributed by atoms with Crippen molar-refractivity contribution in [3.63, 3.8) is 0 Å². The fourth-order valence-corrected chi connectivity index (χ4v) is 3.21. The summed E-state index contributed by atoms with van der Waals surface area (Å²) in [6.07, 6.45) is 33.2. The molecule has 0 spiro atoms. The maximum atomic E-state index is 11.7. The summed E-state index contributed by atoms with van der Waals surface area (Å²) in [6.45, 7) is 2.57. The molecule has 0 atom stereocenters. The number of aromatic nitrogens is 1. The van der Waals surface area contributed by atoms with E-state index in [2.05, 4.69) is 48.4 Å². The number of ether oxygens (including phenoxy) is 1. The topological polar surface area (TPSA) is 39.2 Å². The van der Waals surface area contributed by atoms with E-state index in [1.54, 1.807) is 12.4 Å². The van der Waals surface area contributed by atoms with Gasteiger partial charge in [0.1, 0.15) is 6.61 Å². The second-order valence-corrected chi connectivity index (χ2v) is 8.05. The fraction of sp³-hybridized carbons (Fsp3) is 0.571. The number of esters is 1. The lowest BCUT2D eigenvalue weighted by atomic mass is 10.1. The van der Waals surface area contributed by atoms with Crippen molar-refractivity contribution in [2.75, 3.05) is 0 Å². The Morgan fingerprint density at radius 2 is 1.45 bits per heavy atom. The minimum atomic E-state index is -0.114. The van der Waals surface area contributed by atoms with E-state index >= 15 is 0 Å². The first-order valence-electron chi connectivity index (χ1n) is 12.3. The van der Waals surface area contributed by atoms with Crippen LogP contribution in [0.4, 0.5) is 0 Å². The molecular formula is C28H43NO2. The second-order valence-electron chi connectivity index (χ2n) is 8.05. The third-order valence-electron chi connectivity index (χ3n) is 5.11. The third-order valence-corrected chi connectivity index (χ3v) is 5.11. The number of allylic oxidation sites excluding steroid dienone is 6. The van der Waals surface area contributed by atoms with Crippen molar-refractivity contribution in [3.8, 4) is 0 Å². The van der Waals surface area contributed by atoms with Crippen molar-refractivity contribution >= 4 is 5.97 Å².